The van der Waals surface area contributed by atoms with Gasteiger partial charge < -0.3 is 4.90 Å². The molecule has 3 heterocycles. The van der Waals surface area contributed by atoms with Gasteiger partial charge in [-0.3, -0.25) is 19.3 Å². The van der Waals surface area contributed by atoms with Gasteiger partial charge in [-0.1, -0.05) is 30.3 Å². The number of carbonyl (C=O) groups is 3. The molecule has 0 aromatic heterocycles. The van der Waals surface area contributed by atoms with Crippen LogP contribution < -0.4 is 0 Å². The highest BCUT2D eigenvalue weighted by atomic mass is 16.2. The summed E-state index contributed by atoms with van der Waals surface area (Å²) in [5.41, 5.74) is 1.27. The van der Waals surface area contributed by atoms with Crippen molar-refractivity contribution in [1.29, 1.82) is 0 Å². The van der Waals surface area contributed by atoms with Crippen molar-refractivity contribution >= 4 is 17.7 Å². The van der Waals surface area contributed by atoms with Crippen LogP contribution in [-0.4, -0.2) is 45.6 Å². The Balaban J connectivity index is 1.33. The number of carbonyl (C=O) groups excluding carboxylic acids is 3. The third-order valence-electron chi connectivity index (χ3n) is 6.15. The summed E-state index contributed by atoms with van der Waals surface area (Å²) in [5, 5.41) is 0. The molecular weight excluding hydrogens is 328 g/mol. The number of piperidine rings is 1. The van der Waals surface area contributed by atoms with Crippen molar-refractivity contribution in [2.75, 3.05) is 0 Å². The van der Waals surface area contributed by atoms with Crippen LogP contribution in [0.1, 0.15) is 56.9 Å². The van der Waals surface area contributed by atoms with Crippen LogP contribution in [-0.2, 0) is 20.8 Å². The second-order valence-electron chi connectivity index (χ2n) is 7.81. The fourth-order valence-corrected chi connectivity index (χ4v) is 4.98. The molecule has 5 nitrogen and oxygen atoms in total. The first-order valence-electron chi connectivity index (χ1n) is 9.83. The highest BCUT2D eigenvalue weighted by Gasteiger charge is 2.47. The molecule has 1 aromatic carbocycles. The quantitative estimate of drug-likeness (QED) is 0.764. The topological polar surface area (TPSA) is 57.7 Å². The molecule has 0 aliphatic carbocycles. The van der Waals surface area contributed by atoms with E-state index in [1.807, 2.05) is 18.2 Å². The van der Waals surface area contributed by atoms with E-state index in [1.54, 1.807) is 0 Å². The molecule has 26 heavy (non-hydrogen) atoms. The van der Waals surface area contributed by atoms with E-state index in [1.165, 1.54) is 10.5 Å². The summed E-state index contributed by atoms with van der Waals surface area (Å²) in [6, 6.07) is 10.7. The zero-order valence-corrected chi connectivity index (χ0v) is 15.1. The Morgan fingerprint density at radius 2 is 1.54 bits per heavy atom. The summed E-state index contributed by atoms with van der Waals surface area (Å²) in [5.74, 6) is 0.190. The maximum absolute atomic E-state index is 12.8. The van der Waals surface area contributed by atoms with Gasteiger partial charge in [-0.15, -0.1) is 0 Å². The summed E-state index contributed by atoms with van der Waals surface area (Å²) in [7, 11) is 0. The summed E-state index contributed by atoms with van der Waals surface area (Å²) in [6.45, 7) is 0. The lowest BCUT2D eigenvalue weighted by molar-refractivity contribution is -0.144. The second-order valence-corrected chi connectivity index (χ2v) is 7.81. The van der Waals surface area contributed by atoms with E-state index in [-0.39, 0.29) is 35.8 Å². The normalized spacial score (nSPS) is 28.1. The lowest BCUT2D eigenvalue weighted by Crippen LogP contribution is -2.53. The van der Waals surface area contributed by atoms with Gasteiger partial charge >= 0.3 is 0 Å². The van der Waals surface area contributed by atoms with Gasteiger partial charge in [0.05, 0.1) is 0 Å². The predicted octanol–water partition coefficient (Wildman–Crippen LogP) is 2.68. The fraction of sp³-hybridized carbons (Fsp3) is 0.571. The molecule has 0 saturated carbocycles. The minimum absolute atomic E-state index is 0.00312. The first-order chi connectivity index (χ1) is 12.6. The van der Waals surface area contributed by atoms with Crippen molar-refractivity contribution in [2.24, 2.45) is 0 Å². The first kappa shape index (κ1) is 17.3. The Morgan fingerprint density at radius 1 is 0.923 bits per heavy atom. The Kier molecular flexibility index (Phi) is 4.79. The van der Waals surface area contributed by atoms with E-state index in [9.17, 15) is 14.4 Å². The Bertz CT molecular complexity index is 672. The van der Waals surface area contributed by atoms with E-state index in [0.29, 0.717) is 19.3 Å². The number of amides is 3. The van der Waals surface area contributed by atoms with E-state index < -0.39 is 0 Å². The summed E-state index contributed by atoms with van der Waals surface area (Å²) in [6.07, 6.45) is 6.61. The number of likely N-dealkylation sites (tertiary alicyclic amines) is 1. The third-order valence-corrected chi connectivity index (χ3v) is 6.15. The average molecular weight is 354 g/mol. The number of hydrogen-bond donors (Lipinski definition) is 0. The Morgan fingerprint density at radius 3 is 2.15 bits per heavy atom. The lowest BCUT2D eigenvalue weighted by atomic mass is 9.95. The smallest absolute Gasteiger partial charge is 0.229 e. The van der Waals surface area contributed by atoms with Crippen molar-refractivity contribution in [3.63, 3.8) is 0 Å². The highest BCUT2D eigenvalue weighted by molar-refractivity contribution is 6.02. The predicted molar refractivity (Wildman–Crippen MR) is 97.1 cm³/mol. The molecule has 0 N–H and O–H groups in total. The van der Waals surface area contributed by atoms with Gasteiger partial charge in [0.15, 0.2) is 0 Å². The van der Waals surface area contributed by atoms with Crippen LogP contribution in [0.3, 0.4) is 0 Å². The summed E-state index contributed by atoms with van der Waals surface area (Å²) in [4.78, 5) is 40.4. The number of nitrogens with zero attached hydrogens (tertiary/aromatic N) is 2. The van der Waals surface area contributed by atoms with Crippen LogP contribution >= 0.6 is 0 Å². The van der Waals surface area contributed by atoms with E-state index in [0.717, 1.165) is 38.5 Å². The molecule has 0 spiro atoms. The first-order valence-corrected chi connectivity index (χ1v) is 9.83. The highest BCUT2D eigenvalue weighted by Crippen LogP contribution is 2.39. The molecule has 3 fully saturated rings. The van der Waals surface area contributed by atoms with Gasteiger partial charge in [0, 0.05) is 37.4 Å². The van der Waals surface area contributed by atoms with Crippen molar-refractivity contribution in [1.82, 2.24) is 9.80 Å². The summed E-state index contributed by atoms with van der Waals surface area (Å²) >= 11 is 0. The van der Waals surface area contributed by atoms with Gasteiger partial charge in [-0.25, -0.2) is 0 Å². The number of aryl methyl sites for hydroxylation is 1. The Labute approximate surface area is 154 Å². The van der Waals surface area contributed by atoms with Gasteiger partial charge in [0.2, 0.25) is 17.7 Å². The molecule has 2 unspecified atom stereocenters. The zero-order chi connectivity index (χ0) is 18.1. The largest absolute Gasteiger partial charge is 0.337 e. The molecule has 3 amide bonds. The molecule has 138 valence electrons. The van der Waals surface area contributed by atoms with Gasteiger partial charge in [0.1, 0.15) is 0 Å². The molecule has 3 aliphatic rings. The fourth-order valence-electron chi connectivity index (χ4n) is 4.98. The van der Waals surface area contributed by atoms with Crippen LogP contribution in [0.2, 0.25) is 0 Å². The molecular formula is C21H26N2O3. The van der Waals surface area contributed by atoms with Gasteiger partial charge in [-0.2, -0.15) is 0 Å². The maximum Gasteiger partial charge on any atom is 0.229 e. The Hall–Kier alpha value is -2.17. The maximum atomic E-state index is 12.8. The van der Waals surface area contributed by atoms with E-state index in [4.69, 9.17) is 0 Å². The molecule has 0 radical (unpaired) electrons. The van der Waals surface area contributed by atoms with Crippen LogP contribution in [0.5, 0.6) is 0 Å². The number of rotatable bonds is 5. The van der Waals surface area contributed by atoms with Crippen LogP contribution in [0.4, 0.5) is 0 Å². The van der Waals surface area contributed by atoms with Crippen LogP contribution in [0.15, 0.2) is 30.3 Å². The number of hydrogen-bond acceptors (Lipinski definition) is 3. The molecule has 1 aromatic rings. The number of benzene rings is 1. The number of imide groups is 1. The molecule has 2 bridgehead atoms. The third kappa shape index (κ3) is 3.27. The average Bonchev–Trinajstić information content (AvgIpc) is 3.11. The van der Waals surface area contributed by atoms with Gasteiger partial charge in [0.25, 0.3) is 0 Å². The molecule has 2 atom stereocenters. The molecule has 3 aliphatic heterocycles. The van der Waals surface area contributed by atoms with Crippen molar-refractivity contribution in [3.05, 3.63) is 35.9 Å². The molecule has 3 saturated heterocycles. The van der Waals surface area contributed by atoms with Crippen LogP contribution in [0.25, 0.3) is 0 Å². The van der Waals surface area contributed by atoms with Crippen molar-refractivity contribution in [2.45, 2.75) is 75.9 Å². The van der Waals surface area contributed by atoms with Crippen molar-refractivity contribution in [3.8, 4) is 0 Å². The molecule has 4 rings (SSSR count). The van der Waals surface area contributed by atoms with E-state index in [2.05, 4.69) is 17.0 Å². The standard InChI is InChI=1S/C21H26N2O3/c24-19(8-4-7-15-5-2-1-3-6-15)22-16-9-10-17(22)14-18(13-16)23-20(25)11-12-21(23)26/h1-3,5-6,16-18H,4,7-14H2. The summed E-state index contributed by atoms with van der Waals surface area (Å²) < 4.78 is 0. The van der Waals surface area contributed by atoms with Crippen LogP contribution in [0, 0.1) is 0 Å². The zero-order valence-electron chi connectivity index (χ0n) is 15.1. The number of fused-ring (bicyclic) bond motifs is 2. The minimum atomic E-state index is -0.0259. The van der Waals surface area contributed by atoms with Gasteiger partial charge in [-0.05, 0) is 44.1 Å². The second kappa shape index (κ2) is 7.22. The monoisotopic (exact) mass is 354 g/mol. The van der Waals surface area contributed by atoms with Crippen molar-refractivity contribution < 1.29 is 14.4 Å². The lowest BCUT2D eigenvalue weighted by Gasteiger charge is -2.41. The van der Waals surface area contributed by atoms with E-state index >= 15 is 0 Å². The minimum Gasteiger partial charge on any atom is -0.337 e. The molecule has 5 heteroatoms. The SMILES string of the molecule is O=C1CCC(=O)N1C1CC2CCC(C1)N2C(=O)CCCc1ccccc1.